The molecule has 0 saturated carbocycles. The monoisotopic (exact) mass is 327 g/mol. The maximum atomic E-state index is 14.1. The van der Waals surface area contributed by atoms with Crippen LogP contribution in [-0.4, -0.2) is 14.5 Å². The number of hydrogen-bond donors (Lipinski definition) is 0. The van der Waals surface area contributed by atoms with Crippen molar-refractivity contribution in [3.8, 4) is 5.69 Å². The van der Waals surface area contributed by atoms with E-state index in [1.807, 2.05) is 0 Å². The number of pyridine rings is 1. The van der Waals surface area contributed by atoms with Crippen molar-refractivity contribution in [2.45, 2.75) is 12.3 Å². The summed E-state index contributed by atoms with van der Waals surface area (Å²) in [6, 6.07) is 4.91. The van der Waals surface area contributed by atoms with Crippen LogP contribution in [0.2, 0.25) is 5.02 Å². The second kappa shape index (κ2) is 5.24. The highest BCUT2D eigenvalue weighted by Gasteiger charge is 2.20. The number of fused-ring (bicyclic) bond motifs is 1. The van der Waals surface area contributed by atoms with Gasteiger partial charge in [-0.05, 0) is 25.1 Å². The van der Waals surface area contributed by atoms with Crippen LogP contribution in [-0.2, 0) is 0 Å². The van der Waals surface area contributed by atoms with Gasteiger partial charge in [0.1, 0.15) is 23.0 Å². The lowest BCUT2D eigenvalue weighted by molar-refractivity contribution is 0.577. The van der Waals surface area contributed by atoms with Crippen LogP contribution in [0, 0.1) is 11.6 Å². The van der Waals surface area contributed by atoms with Gasteiger partial charge in [-0.15, -0.1) is 11.6 Å². The van der Waals surface area contributed by atoms with E-state index in [1.54, 1.807) is 13.0 Å². The second-order valence-electron chi connectivity index (χ2n) is 4.51. The van der Waals surface area contributed by atoms with E-state index in [9.17, 15) is 8.78 Å². The molecule has 1 unspecified atom stereocenters. The maximum Gasteiger partial charge on any atom is 0.164 e. The SMILES string of the molecule is CC(Cl)c1nc2cc(Cl)cnc2n1-c1ccc(F)cc1F. The van der Waals surface area contributed by atoms with Crippen molar-refractivity contribution in [3.05, 3.63) is 52.9 Å². The highest BCUT2D eigenvalue weighted by Crippen LogP contribution is 2.29. The van der Waals surface area contributed by atoms with E-state index in [2.05, 4.69) is 9.97 Å². The smallest absolute Gasteiger partial charge is 0.164 e. The van der Waals surface area contributed by atoms with E-state index in [1.165, 1.54) is 22.9 Å². The molecule has 21 heavy (non-hydrogen) atoms. The third-order valence-corrected chi connectivity index (χ3v) is 3.40. The molecule has 0 bridgehead atoms. The van der Waals surface area contributed by atoms with Gasteiger partial charge in [0, 0.05) is 12.3 Å². The molecule has 0 saturated heterocycles. The lowest BCUT2D eigenvalue weighted by Gasteiger charge is -2.10. The lowest BCUT2D eigenvalue weighted by Crippen LogP contribution is -2.05. The molecular formula is C14H9Cl2F2N3. The number of benzene rings is 1. The molecule has 0 N–H and O–H groups in total. The van der Waals surface area contributed by atoms with E-state index in [0.717, 1.165) is 6.07 Å². The van der Waals surface area contributed by atoms with Crippen LogP contribution in [0.4, 0.5) is 8.78 Å². The van der Waals surface area contributed by atoms with Crippen molar-refractivity contribution in [1.82, 2.24) is 14.5 Å². The molecule has 1 aromatic carbocycles. The summed E-state index contributed by atoms with van der Waals surface area (Å²) in [5, 5.41) is -0.0667. The molecule has 2 heterocycles. The number of aromatic nitrogens is 3. The van der Waals surface area contributed by atoms with Crippen molar-refractivity contribution >= 4 is 34.4 Å². The Hall–Kier alpha value is -1.72. The van der Waals surface area contributed by atoms with Gasteiger partial charge in [0.15, 0.2) is 5.65 Å². The zero-order valence-corrected chi connectivity index (χ0v) is 12.3. The minimum atomic E-state index is -0.718. The number of hydrogen-bond acceptors (Lipinski definition) is 2. The predicted molar refractivity (Wildman–Crippen MR) is 78.1 cm³/mol. The number of halogens is 4. The lowest BCUT2D eigenvalue weighted by atomic mass is 10.2. The summed E-state index contributed by atoms with van der Waals surface area (Å²) in [6.45, 7) is 1.71. The molecule has 108 valence electrons. The third kappa shape index (κ3) is 2.47. The predicted octanol–water partition coefficient (Wildman–Crippen LogP) is 4.65. The number of rotatable bonds is 2. The molecule has 3 aromatic rings. The van der Waals surface area contributed by atoms with Crippen molar-refractivity contribution in [3.63, 3.8) is 0 Å². The molecule has 0 fully saturated rings. The van der Waals surface area contributed by atoms with Crippen LogP contribution in [0.15, 0.2) is 30.5 Å². The quantitative estimate of drug-likeness (QED) is 0.641. The highest BCUT2D eigenvalue weighted by molar-refractivity contribution is 6.31. The zero-order chi connectivity index (χ0) is 15.1. The van der Waals surface area contributed by atoms with Crippen LogP contribution in [0.5, 0.6) is 0 Å². The van der Waals surface area contributed by atoms with Gasteiger partial charge in [0.25, 0.3) is 0 Å². The third-order valence-electron chi connectivity index (χ3n) is 3.00. The molecule has 3 rings (SSSR count). The van der Waals surface area contributed by atoms with Crippen molar-refractivity contribution in [2.24, 2.45) is 0 Å². The van der Waals surface area contributed by atoms with Gasteiger partial charge >= 0.3 is 0 Å². The van der Waals surface area contributed by atoms with Gasteiger partial charge in [-0.2, -0.15) is 0 Å². The molecule has 0 radical (unpaired) electrons. The fourth-order valence-corrected chi connectivity index (χ4v) is 2.42. The fraction of sp³-hybridized carbons (Fsp3) is 0.143. The molecule has 0 aliphatic heterocycles. The first-order chi connectivity index (χ1) is 9.97. The molecule has 7 heteroatoms. The summed E-state index contributed by atoms with van der Waals surface area (Å²) in [4.78, 5) is 8.51. The summed E-state index contributed by atoms with van der Waals surface area (Å²) in [7, 11) is 0. The topological polar surface area (TPSA) is 30.7 Å². The minimum Gasteiger partial charge on any atom is -0.276 e. The minimum absolute atomic E-state index is 0.135. The Morgan fingerprint density at radius 2 is 2.00 bits per heavy atom. The molecule has 0 aliphatic rings. The number of nitrogens with zero attached hydrogens (tertiary/aromatic N) is 3. The first kappa shape index (κ1) is 14.2. The Bertz CT molecular complexity index is 830. The fourth-order valence-electron chi connectivity index (χ4n) is 2.12. The van der Waals surface area contributed by atoms with Gasteiger partial charge < -0.3 is 0 Å². The molecule has 1 atom stereocenters. The molecule has 0 aliphatic carbocycles. The first-order valence-corrected chi connectivity index (χ1v) is 6.92. The summed E-state index contributed by atoms with van der Waals surface area (Å²) in [6.07, 6.45) is 1.44. The van der Waals surface area contributed by atoms with E-state index >= 15 is 0 Å². The van der Waals surface area contributed by atoms with E-state index in [4.69, 9.17) is 23.2 Å². The molecular weight excluding hydrogens is 319 g/mol. The molecule has 0 spiro atoms. The standard InChI is InChI=1S/C14H9Cl2F2N3/c1-7(15)13-20-11-4-8(16)6-19-14(11)21(13)12-3-2-9(17)5-10(12)18/h2-7H,1H3. The summed E-state index contributed by atoms with van der Waals surface area (Å²) < 4.78 is 28.6. The van der Waals surface area contributed by atoms with Crippen LogP contribution < -0.4 is 0 Å². The Labute approximate surface area is 129 Å². The van der Waals surface area contributed by atoms with Crippen molar-refractivity contribution < 1.29 is 8.78 Å². The van der Waals surface area contributed by atoms with Crippen LogP contribution >= 0.6 is 23.2 Å². The second-order valence-corrected chi connectivity index (χ2v) is 5.60. The van der Waals surface area contributed by atoms with E-state index in [0.29, 0.717) is 22.0 Å². The van der Waals surface area contributed by atoms with E-state index < -0.39 is 17.0 Å². The molecule has 0 amide bonds. The number of imidazole rings is 1. The first-order valence-electron chi connectivity index (χ1n) is 6.11. The van der Waals surface area contributed by atoms with Gasteiger partial charge in [-0.1, -0.05) is 11.6 Å². The highest BCUT2D eigenvalue weighted by atomic mass is 35.5. The van der Waals surface area contributed by atoms with Gasteiger partial charge in [-0.3, -0.25) is 4.57 Å². The Morgan fingerprint density at radius 1 is 1.24 bits per heavy atom. The maximum absolute atomic E-state index is 14.1. The summed E-state index contributed by atoms with van der Waals surface area (Å²) in [5.41, 5.74) is 1.04. The largest absolute Gasteiger partial charge is 0.276 e. The van der Waals surface area contributed by atoms with Gasteiger partial charge in [0.2, 0.25) is 0 Å². The van der Waals surface area contributed by atoms with Crippen LogP contribution in [0.3, 0.4) is 0 Å². The van der Waals surface area contributed by atoms with E-state index in [-0.39, 0.29) is 5.69 Å². The van der Waals surface area contributed by atoms with Crippen LogP contribution in [0.25, 0.3) is 16.9 Å². The Balaban J connectivity index is 2.36. The van der Waals surface area contributed by atoms with Crippen LogP contribution in [0.1, 0.15) is 18.1 Å². The number of alkyl halides is 1. The van der Waals surface area contributed by atoms with Gasteiger partial charge in [0.05, 0.1) is 16.1 Å². The molecule has 2 aromatic heterocycles. The van der Waals surface area contributed by atoms with Gasteiger partial charge in [-0.25, -0.2) is 18.7 Å². The average molecular weight is 328 g/mol. The normalized spacial score (nSPS) is 12.8. The van der Waals surface area contributed by atoms with Crippen molar-refractivity contribution in [2.75, 3.05) is 0 Å². The summed E-state index contributed by atoms with van der Waals surface area (Å²) in [5.74, 6) is -0.964. The van der Waals surface area contributed by atoms with Crippen molar-refractivity contribution in [1.29, 1.82) is 0 Å². The Morgan fingerprint density at radius 3 is 2.67 bits per heavy atom. The Kier molecular flexibility index (Phi) is 3.55. The summed E-state index contributed by atoms with van der Waals surface area (Å²) >= 11 is 12.0. The average Bonchev–Trinajstić information content (AvgIpc) is 2.77. The molecule has 3 nitrogen and oxygen atoms in total. The zero-order valence-electron chi connectivity index (χ0n) is 10.8.